The molecule has 98 valence electrons. The minimum Gasteiger partial charge on any atom is -0.440 e. The molecule has 1 atom stereocenters. The second kappa shape index (κ2) is 5.46. The van der Waals surface area contributed by atoms with Crippen LogP contribution in [0.15, 0.2) is 28.7 Å². The van der Waals surface area contributed by atoms with Crippen molar-refractivity contribution in [3.05, 3.63) is 30.2 Å². The van der Waals surface area contributed by atoms with Crippen LogP contribution in [0.1, 0.15) is 31.1 Å². The molecule has 2 heterocycles. The lowest BCUT2D eigenvalue weighted by Crippen LogP contribution is -2.35. The summed E-state index contributed by atoms with van der Waals surface area (Å²) in [6.07, 6.45) is 8.50. The Morgan fingerprint density at radius 1 is 1.42 bits per heavy atom. The predicted octanol–water partition coefficient (Wildman–Crippen LogP) is 3.03. The summed E-state index contributed by atoms with van der Waals surface area (Å²) in [6, 6.07) is 7.96. The van der Waals surface area contributed by atoms with Crippen LogP contribution in [0.4, 0.5) is 0 Å². The molecule has 0 radical (unpaired) electrons. The van der Waals surface area contributed by atoms with Crippen LogP contribution in [0.5, 0.6) is 0 Å². The zero-order valence-electron chi connectivity index (χ0n) is 11.0. The van der Waals surface area contributed by atoms with E-state index in [0.29, 0.717) is 5.92 Å². The molecule has 1 saturated heterocycles. The Hall–Kier alpha value is -1.79. The number of para-hydroxylation sites is 2. The molecule has 3 nitrogen and oxygen atoms in total. The van der Waals surface area contributed by atoms with Gasteiger partial charge in [0.05, 0.1) is 0 Å². The number of likely N-dealkylation sites (tertiary alicyclic amines) is 1. The summed E-state index contributed by atoms with van der Waals surface area (Å²) in [7, 11) is 0. The van der Waals surface area contributed by atoms with Crippen LogP contribution in [0.3, 0.4) is 0 Å². The van der Waals surface area contributed by atoms with E-state index >= 15 is 0 Å². The molecular weight excluding hydrogens is 236 g/mol. The maximum absolute atomic E-state index is 5.88. The topological polar surface area (TPSA) is 29.3 Å². The zero-order chi connectivity index (χ0) is 13.1. The van der Waals surface area contributed by atoms with Crippen LogP contribution in [0.2, 0.25) is 0 Å². The van der Waals surface area contributed by atoms with Gasteiger partial charge in [0.1, 0.15) is 5.52 Å². The lowest BCUT2D eigenvalue weighted by atomic mass is 9.98. The van der Waals surface area contributed by atoms with E-state index in [2.05, 4.69) is 15.8 Å². The first-order valence-electron chi connectivity index (χ1n) is 6.88. The van der Waals surface area contributed by atoms with E-state index in [-0.39, 0.29) is 0 Å². The summed E-state index contributed by atoms with van der Waals surface area (Å²) >= 11 is 0. The van der Waals surface area contributed by atoms with Crippen LogP contribution < -0.4 is 0 Å². The molecule has 1 fully saturated rings. The molecule has 0 amide bonds. The summed E-state index contributed by atoms with van der Waals surface area (Å²) in [5.74, 6) is 3.99. The highest BCUT2D eigenvalue weighted by atomic mass is 16.3. The highest BCUT2D eigenvalue weighted by Crippen LogP contribution is 2.28. The number of piperidine rings is 1. The Labute approximate surface area is 113 Å². The van der Waals surface area contributed by atoms with Gasteiger partial charge in [0.2, 0.25) is 0 Å². The molecule has 0 spiro atoms. The molecule has 0 aliphatic carbocycles. The molecule has 0 bridgehead atoms. The molecule has 0 N–H and O–H groups in total. The largest absolute Gasteiger partial charge is 0.440 e. The Balaban J connectivity index is 1.75. The Kier molecular flexibility index (Phi) is 3.52. The monoisotopic (exact) mass is 254 g/mol. The van der Waals surface area contributed by atoms with E-state index in [1.54, 1.807) is 0 Å². The van der Waals surface area contributed by atoms with Gasteiger partial charge in [0.15, 0.2) is 11.5 Å². The number of benzene rings is 1. The standard InChI is InChI=1S/C16H18N2O/c1-2-3-10-18-11-6-7-13(12-18)16-17-14-8-4-5-9-15(14)19-16/h1,4-5,8-9,13H,3,6-7,10-12H2. The van der Waals surface area contributed by atoms with Gasteiger partial charge in [-0.3, -0.25) is 0 Å². The summed E-state index contributed by atoms with van der Waals surface area (Å²) in [5.41, 5.74) is 1.84. The van der Waals surface area contributed by atoms with Gasteiger partial charge in [-0.05, 0) is 31.5 Å². The molecule has 1 aromatic carbocycles. The summed E-state index contributed by atoms with van der Waals surface area (Å²) in [5, 5.41) is 0. The Morgan fingerprint density at radius 3 is 3.16 bits per heavy atom. The minimum atomic E-state index is 0.402. The molecule has 3 heteroatoms. The fraction of sp³-hybridized carbons (Fsp3) is 0.438. The van der Waals surface area contributed by atoms with Crippen LogP contribution in [0, 0.1) is 12.3 Å². The number of hydrogen-bond donors (Lipinski definition) is 0. The van der Waals surface area contributed by atoms with Gasteiger partial charge in [-0.1, -0.05) is 12.1 Å². The highest BCUT2D eigenvalue weighted by molar-refractivity contribution is 5.72. The van der Waals surface area contributed by atoms with Crippen LogP contribution in [-0.2, 0) is 0 Å². The van der Waals surface area contributed by atoms with E-state index < -0.39 is 0 Å². The normalized spacial score (nSPS) is 20.5. The van der Waals surface area contributed by atoms with Crippen molar-refractivity contribution >= 4 is 11.1 Å². The first kappa shape index (κ1) is 12.3. The maximum Gasteiger partial charge on any atom is 0.199 e. The second-order valence-corrected chi connectivity index (χ2v) is 5.11. The third-order valence-corrected chi connectivity index (χ3v) is 3.74. The van der Waals surface area contributed by atoms with Crippen molar-refractivity contribution in [1.29, 1.82) is 0 Å². The van der Waals surface area contributed by atoms with Crippen molar-refractivity contribution in [2.24, 2.45) is 0 Å². The van der Waals surface area contributed by atoms with E-state index in [1.807, 2.05) is 24.3 Å². The van der Waals surface area contributed by atoms with Crippen LogP contribution in [-0.4, -0.2) is 29.5 Å². The third-order valence-electron chi connectivity index (χ3n) is 3.74. The molecule has 2 aromatic rings. The van der Waals surface area contributed by atoms with E-state index in [4.69, 9.17) is 10.8 Å². The molecule has 1 unspecified atom stereocenters. The van der Waals surface area contributed by atoms with Crippen molar-refractivity contribution in [3.8, 4) is 12.3 Å². The molecule has 0 saturated carbocycles. The number of nitrogens with zero attached hydrogens (tertiary/aromatic N) is 2. The van der Waals surface area contributed by atoms with Crippen molar-refractivity contribution in [2.75, 3.05) is 19.6 Å². The minimum absolute atomic E-state index is 0.402. The quantitative estimate of drug-likeness (QED) is 0.788. The molecule has 1 aliphatic rings. The van der Waals surface area contributed by atoms with Crippen molar-refractivity contribution < 1.29 is 4.42 Å². The van der Waals surface area contributed by atoms with Gasteiger partial charge >= 0.3 is 0 Å². The number of hydrogen-bond acceptors (Lipinski definition) is 3. The average Bonchev–Trinajstić information content (AvgIpc) is 2.89. The number of terminal acetylenes is 1. The van der Waals surface area contributed by atoms with Gasteiger partial charge in [0, 0.05) is 25.4 Å². The molecule has 1 aromatic heterocycles. The molecule has 19 heavy (non-hydrogen) atoms. The number of rotatable bonds is 3. The van der Waals surface area contributed by atoms with Gasteiger partial charge in [-0.15, -0.1) is 12.3 Å². The average molecular weight is 254 g/mol. The van der Waals surface area contributed by atoms with Gasteiger partial charge < -0.3 is 9.32 Å². The number of oxazole rings is 1. The summed E-state index contributed by atoms with van der Waals surface area (Å²) < 4.78 is 5.88. The van der Waals surface area contributed by atoms with Crippen molar-refractivity contribution in [2.45, 2.75) is 25.2 Å². The molecular formula is C16H18N2O. The lowest BCUT2D eigenvalue weighted by Gasteiger charge is -2.30. The van der Waals surface area contributed by atoms with E-state index in [9.17, 15) is 0 Å². The van der Waals surface area contributed by atoms with E-state index in [0.717, 1.165) is 49.5 Å². The fourth-order valence-corrected chi connectivity index (χ4v) is 2.75. The highest BCUT2D eigenvalue weighted by Gasteiger charge is 2.24. The predicted molar refractivity (Wildman–Crippen MR) is 75.9 cm³/mol. The van der Waals surface area contributed by atoms with Crippen LogP contribution in [0.25, 0.3) is 11.1 Å². The number of fused-ring (bicyclic) bond motifs is 1. The third kappa shape index (κ3) is 2.64. The summed E-state index contributed by atoms with van der Waals surface area (Å²) in [6.45, 7) is 3.13. The maximum atomic E-state index is 5.88. The number of aromatic nitrogens is 1. The fourth-order valence-electron chi connectivity index (χ4n) is 2.75. The van der Waals surface area contributed by atoms with Crippen molar-refractivity contribution in [3.63, 3.8) is 0 Å². The zero-order valence-corrected chi connectivity index (χ0v) is 11.0. The Bertz CT molecular complexity index is 563. The van der Waals surface area contributed by atoms with Gasteiger partial charge in [-0.2, -0.15) is 0 Å². The van der Waals surface area contributed by atoms with Gasteiger partial charge in [0.25, 0.3) is 0 Å². The van der Waals surface area contributed by atoms with Crippen LogP contribution >= 0.6 is 0 Å². The molecule has 3 rings (SSSR count). The smallest absolute Gasteiger partial charge is 0.199 e. The SMILES string of the molecule is C#CCCN1CCCC(c2nc3ccccc3o2)C1. The first-order chi connectivity index (χ1) is 9.36. The Morgan fingerprint density at radius 2 is 2.32 bits per heavy atom. The van der Waals surface area contributed by atoms with Gasteiger partial charge in [-0.25, -0.2) is 4.98 Å². The summed E-state index contributed by atoms with van der Waals surface area (Å²) in [4.78, 5) is 7.04. The molecule has 1 aliphatic heterocycles. The second-order valence-electron chi connectivity index (χ2n) is 5.11. The lowest BCUT2D eigenvalue weighted by molar-refractivity contribution is 0.198. The first-order valence-corrected chi connectivity index (χ1v) is 6.88. The van der Waals surface area contributed by atoms with E-state index in [1.165, 1.54) is 6.42 Å². The van der Waals surface area contributed by atoms with Crippen molar-refractivity contribution in [1.82, 2.24) is 9.88 Å².